The summed E-state index contributed by atoms with van der Waals surface area (Å²) in [5.74, 6) is 0.877. The molecule has 0 aromatic heterocycles. The van der Waals surface area contributed by atoms with Crippen molar-refractivity contribution >= 4 is 0 Å². The molecule has 0 spiro atoms. The highest BCUT2D eigenvalue weighted by atomic mass is 15.2. The molecule has 3 rings (SSSR count). The molecule has 2 aromatic rings. The Labute approximate surface area is 128 Å². The number of hydrogen-bond acceptors (Lipinski definition) is 1. The lowest BCUT2D eigenvalue weighted by atomic mass is 9.85. The molecule has 2 aromatic carbocycles. The lowest BCUT2D eigenvalue weighted by Crippen LogP contribution is -2.36. The molecule has 1 heterocycles. The summed E-state index contributed by atoms with van der Waals surface area (Å²) in [4.78, 5) is 2.66. The van der Waals surface area contributed by atoms with E-state index in [0.29, 0.717) is 6.04 Å². The number of piperidine rings is 1. The fourth-order valence-electron chi connectivity index (χ4n) is 3.49. The smallest absolute Gasteiger partial charge is 0.0354 e. The summed E-state index contributed by atoms with van der Waals surface area (Å²) < 4.78 is 0. The zero-order chi connectivity index (χ0) is 14.5. The Morgan fingerprint density at radius 3 is 2.29 bits per heavy atom. The minimum atomic E-state index is 0.574. The largest absolute Gasteiger partial charge is 0.292 e. The number of likely N-dealkylation sites (tertiary alicyclic amines) is 1. The zero-order valence-corrected chi connectivity index (χ0v) is 12.9. The van der Waals surface area contributed by atoms with Crippen molar-refractivity contribution in [2.24, 2.45) is 5.92 Å². The highest BCUT2D eigenvalue weighted by molar-refractivity contribution is 5.21. The van der Waals surface area contributed by atoms with Crippen LogP contribution in [0.3, 0.4) is 0 Å². The Morgan fingerprint density at radius 2 is 1.62 bits per heavy atom. The first-order chi connectivity index (χ1) is 10.4. The van der Waals surface area contributed by atoms with Crippen LogP contribution in [0.25, 0.3) is 0 Å². The van der Waals surface area contributed by atoms with E-state index in [1.807, 2.05) is 0 Å². The molecule has 1 saturated heterocycles. The van der Waals surface area contributed by atoms with Gasteiger partial charge in [-0.15, -0.1) is 0 Å². The first-order valence-electron chi connectivity index (χ1n) is 8.19. The number of benzene rings is 2. The third-order valence-corrected chi connectivity index (χ3v) is 4.81. The van der Waals surface area contributed by atoms with E-state index >= 15 is 0 Å². The highest BCUT2D eigenvalue weighted by Gasteiger charge is 2.28. The maximum atomic E-state index is 2.66. The Bertz CT molecular complexity index is 534. The summed E-state index contributed by atoms with van der Waals surface area (Å²) >= 11 is 0. The molecule has 1 nitrogen and oxygen atoms in total. The molecule has 1 aliphatic rings. The molecule has 0 bridgehead atoms. The van der Waals surface area contributed by atoms with E-state index in [1.54, 1.807) is 0 Å². The Kier molecular flexibility index (Phi) is 4.72. The second-order valence-electron chi connectivity index (χ2n) is 6.18. The second kappa shape index (κ2) is 6.91. The molecule has 2 atom stereocenters. The Morgan fingerprint density at radius 1 is 0.952 bits per heavy atom. The molecule has 0 aliphatic carbocycles. The summed E-state index contributed by atoms with van der Waals surface area (Å²) in [5, 5.41) is 0. The minimum absolute atomic E-state index is 0.574. The first-order valence-corrected chi connectivity index (χ1v) is 8.19. The quantitative estimate of drug-likeness (QED) is 0.757. The minimum Gasteiger partial charge on any atom is -0.292 e. The number of rotatable bonds is 4. The molecule has 21 heavy (non-hydrogen) atoms. The summed E-state index contributed by atoms with van der Waals surface area (Å²) in [5.41, 5.74) is 2.90. The van der Waals surface area contributed by atoms with E-state index in [4.69, 9.17) is 0 Å². The molecule has 2 unspecified atom stereocenters. The predicted octanol–water partition coefficient (Wildman–Crippen LogP) is 5.05. The van der Waals surface area contributed by atoms with Crippen LogP contribution in [0.2, 0.25) is 0 Å². The fourth-order valence-corrected chi connectivity index (χ4v) is 3.49. The van der Waals surface area contributed by atoms with Gasteiger partial charge in [0.05, 0.1) is 0 Å². The van der Waals surface area contributed by atoms with Gasteiger partial charge in [-0.1, -0.05) is 74.0 Å². The van der Waals surface area contributed by atoms with Gasteiger partial charge in [-0.2, -0.15) is 0 Å². The van der Waals surface area contributed by atoms with Crippen molar-refractivity contribution in [1.29, 1.82) is 0 Å². The van der Waals surface area contributed by atoms with Crippen molar-refractivity contribution in [2.75, 3.05) is 6.54 Å². The highest BCUT2D eigenvalue weighted by Crippen LogP contribution is 2.36. The lowest BCUT2D eigenvalue weighted by molar-refractivity contribution is 0.103. The van der Waals surface area contributed by atoms with Crippen LogP contribution < -0.4 is 0 Å². The molecule has 0 amide bonds. The topological polar surface area (TPSA) is 3.24 Å². The number of nitrogens with zero attached hydrogens (tertiary/aromatic N) is 1. The predicted molar refractivity (Wildman–Crippen MR) is 89.1 cm³/mol. The molecule has 0 N–H and O–H groups in total. The van der Waals surface area contributed by atoms with Gasteiger partial charge < -0.3 is 0 Å². The maximum absolute atomic E-state index is 2.66. The average molecular weight is 279 g/mol. The SMILES string of the molecule is CCC1CCN(Cc2ccccc2)C(c2ccccc2)C1. The third-order valence-electron chi connectivity index (χ3n) is 4.81. The first kappa shape index (κ1) is 14.3. The van der Waals surface area contributed by atoms with Crippen molar-refractivity contribution in [3.63, 3.8) is 0 Å². The molecule has 1 aliphatic heterocycles. The van der Waals surface area contributed by atoms with Gasteiger partial charge in [-0.3, -0.25) is 4.90 Å². The lowest BCUT2D eigenvalue weighted by Gasteiger charge is -2.39. The van der Waals surface area contributed by atoms with Gasteiger partial charge in [0.2, 0.25) is 0 Å². The Hall–Kier alpha value is -1.60. The van der Waals surface area contributed by atoms with Gasteiger partial charge in [0.1, 0.15) is 0 Å². The van der Waals surface area contributed by atoms with Crippen LogP contribution in [0.15, 0.2) is 60.7 Å². The standard InChI is InChI=1S/C20H25N/c1-2-17-13-14-21(16-18-9-5-3-6-10-18)20(15-17)19-11-7-4-8-12-19/h3-12,17,20H,2,13-16H2,1H3. The summed E-state index contributed by atoms with van der Waals surface area (Å²) in [6.45, 7) is 4.61. The second-order valence-corrected chi connectivity index (χ2v) is 6.18. The van der Waals surface area contributed by atoms with Crippen LogP contribution in [0.1, 0.15) is 43.4 Å². The van der Waals surface area contributed by atoms with Gasteiger partial charge in [0, 0.05) is 12.6 Å². The molecular formula is C20H25N. The van der Waals surface area contributed by atoms with Crippen molar-refractivity contribution in [1.82, 2.24) is 4.90 Å². The van der Waals surface area contributed by atoms with E-state index in [2.05, 4.69) is 72.5 Å². The zero-order valence-electron chi connectivity index (χ0n) is 12.9. The van der Waals surface area contributed by atoms with E-state index in [-0.39, 0.29) is 0 Å². The molecule has 1 fully saturated rings. The van der Waals surface area contributed by atoms with Crippen LogP contribution in [0, 0.1) is 5.92 Å². The molecule has 0 saturated carbocycles. The third kappa shape index (κ3) is 3.54. The van der Waals surface area contributed by atoms with Crippen molar-refractivity contribution in [3.05, 3.63) is 71.8 Å². The monoisotopic (exact) mass is 279 g/mol. The van der Waals surface area contributed by atoms with E-state index in [9.17, 15) is 0 Å². The number of hydrogen-bond donors (Lipinski definition) is 0. The van der Waals surface area contributed by atoms with Gasteiger partial charge in [0.25, 0.3) is 0 Å². The van der Waals surface area contributed by atoms with Crippen molar-refractivity contribution in [2.45, 2.75) is 38.8 Å². The van der Waals surface area contributed by atoms with Crippen LogP contribution in [-0.4, -0.2) is 11.4 Å². The normalized spacial score (nSPS) is 23.1. The summed E-state index contributed by atoms with van der Waals surface area (Å²) in [6, 6.07) is 22.5. The summed E-state index contributed by atoms with van der Waals surface area (Å²) in [7, 11) is 0. The van der Waals surface area contributed by atoms with Crippen LogP contribution in [0.5, 0.6) is 0 Å². The van der Waals surface area contributed by atoms with Crippen LogP contribution in [0.4, 0.5) is 0 Å². The van der Waals surface area contributed by atoms with E-state index < -0.39 is 0 Å². The average Bonchev–Trinajstić information content (AvgIpc) is 2.57. The van der Waals surface area contributed by atoms with Gasteiger partial charge >= 0.3 is 0 Å². The van der Waals surface area contributed by atoms with E-state index in [1.165, 1.54) is 36.9 Å². The van der Waals surface area contributed by atoms with Gasteiger partial charge in [-0.25, -0.2) is 0 Å². The van der Waals surface area contributed by atoms with Crippen LogP contribution >= 0.6 is 0 Å². The van der Waals surface area contributed by atoms with Crippen molar-refractivity contribution in [3.8, 4) is 0 Å². The van der Waals surface area contributed by atoms with Crippen LogP contribution in [-0.2, 0) is 6.54 Å². The van der Waals surface area contributed by atoms with E-state index in [0.717, 1.165) is 12.5 Å². The molecule has 110 valence electrons. The van der Waals surface area contributed by atoms with Crippen molar-refractivity contribution < 1.29 is 0 Å². The maximum Gasteiger partial charge on any atom is 0.0354 e. The molecule has 1 heteroatoms. The van der Waals surface area contributed by atoms with Gasteiger partial charge in [-0.05, 0) is 36.4 Å². The summed E-state index contributed by atoms with van der Waals surface area (Å²) in [6.07, 6.45) is 3.95. The van der Waals surface area contributed by atoms with Gasteiger partial charge in [0.15, 0.2) is 0 Å². The molecule has 0 radical (unpaired) electrons. The molecular weight excluding hydrogens is 254 g/mol. The fraction of sp³-hybridized carbons (Fsp3) is 0.400. The Balaban J connectivity index is 1.80.